The van der Waals surface area contributed by atoms with Crippen LogP contribution in [0.3, 0.4) is 0 Å². The largest absolute Gasteiger partial charge is 0.513 e. The SMILES string of the molecule is CCOC(=O)Oc1ccc2[nH]c3c(C)cc(N)c(C)c3c2c1. The monoisotopic (exact) mass is 298 g/mol. The third-order valence-electron chi connectivity index (χ3n) is 3.81. The number of ether oxygens (including phenoxy) is 2. The predicted octanol–water partition coefficient (Wildman–Crippen LogP) is 4.06. The maximum atomic E-state index is 11.5. The first-order valence-corrected chi connectivity index (χ1v) is 7.17. The Hall–Kier alpha value is -2.69. The molecule has 0 saturated heterocycles. The molecule has 0 aliphatic carbocycles. The minimum absolute atomic E-state index is 0.281. The van der Waals surface area contributed by atoms with Gasteiger partial charge in [-0.25, -0.2) is 4.79 Å². The maximum Gasteiger partial charge on any atom is 0.513 e. The van der Waals surface area contributed by atoms with Gasteiger partial charge in [-0.2, -0.15) is 0 Å². The van der Waals surface area contributed by atoms with Crippen molar-refractivity contribution in [1.29, 1.82) is 0 Å². The van der Waals surface area contributed by atoms with Gasteiger partial charge in [0, 0.05) is 27.5 Å². The molecule has 0 aliphatic heterocycles. The molecule has 0 aliphatic rings. The number of nitrogen functional groups attached to an aromatic ring is 1. The number of benzene rings is 2. The Morgan fingerprint density at radius 3 is 2.77 bits per heavy atom. The molecule has 2 aromatic carbocycles. The summed E-state index contributed by atoms with van der Waals surface area (Å²) < 4.78 is 9.98. The summed E-state index contributed by atoms with van der Waals surface area (Å²) in [7, 11) is 0. The van der Waals surface area contributed by atoms with Crippen LogP contribution in [0, 0.1) is 13.8 Å². The van der Waals surface area contributed by atoms with Crippen LogP contribution in [-0.2, 0) is 4.74 Å². The van der Waals surface area contributed by atoms with Crippen LogP contribution >= 0.6 is 0 Å². The molecule has 3 N–H and O–H groups in total. The Labute approximate surface area is 128 Å². The molecule has 5 nitrogen and oxygen atoms in total. The highest BCUT2D eigenvalue weighted by Gasteiger charge is 2.13. The number of carbonyl (C=O) groups is 1. The number of aromatic amines is 1. The van der Waals surface area contributed by atoms with Gasteiger partial charge in [0.05, 0.1) is 6.61 Å². The fourth-order valence-corrected chi connectivity index (χ4v) is 2.72. The highest BCUT2D eigenvalue weighted by Crippen LogP contribution is 2.35. The van der Waals surface area contributed by atoms with Crippen molar-refractivity contribution in [3.05, 3.63) is 35.4 Å². The second-order valence-electron chi connectivity index (χ2n) is 5.28. The zero-order chi connectivity index (χ0) is 15.9. The van der Waals surface area contributed by atoms with Gasteiger partial charge in [0.2, 0.25) is 0 Å². The van der Waals surface area contributed by atoms with Crippen molar-refractivity contribution < 1.29 is 14.3 Å². The smallest absolute Gasteiger partial charge is 0.434 e. The van der Waals surface area contributed by atoms with E-state index in [0.29, 0.717) is 5.75 Å². The van der Waals surface area contributed by atoms with Crippen molar-refractivity contribution >= 4 is 33.6 Å². The van der Waals surface area contributed by atoms with Gasteiger partial charge in [-0.3, -0.25) is 0 Å². The van der Waals surface area contributed by atoms with Gasteiger partial charge in [-0.15, -0.1) is 0 Å². The molecule has 114 valence electrons. The summed E-state index contributed by atoms with van der Waals surface area (Å²) in [5.74, 6) is 0.450. The second kappa shape index (κ2) is 5.26. The zero-order valence-electron chi connectivity index (χ0n) is 12.8. The minimum Gasteiger partial charge on any atom is -0.434 e. The molecule has 0 saturated carbocycles. The summed E-state index contributed by atoms with van der Waals surface area (Å²) in [5, 5.41) is 2.03. The van der Waals surface area contributed by atoms with Gasteiger partial charge in [0.1, 0.15) is 5.75 Å². The van der Waals surface area contributed by atoms with Gasteiger partial charge in [0.15, 0.2) is 0 Å². The normalized spacial score (nSPS) is 11.0. The Morgan fingerprint density at radius 1 is 1.27 bits per heavy atom. The molecule has 3 aromatic rings. The van der Waals surface area contributed by atoms with Crippen LogP contribution in [0.1, 0.15) is 18.1 Å². The van der Waals surface area contributed by atoms with Crippen LogP contribution in [0.15, 0.2) is 24.3 Å². The van der Waals surface area contributed by atoms with Crippen LogP contribution in [0.5, 0.6) is 5.75 Å². The summed E-state index contributed by atoms with van der Waals surface area (Å²) in [6, 6.07) is 7.42. The van der Waals surface area contributed by atoms with E-state index in [-0.39, 0.29) is 6.61 Å². The first-order chi connectivity index (χ1) is 10.5. The number of aryl methyl sites for hydroxylation is 2. The Bertz CT molecular complexity index is 881. The molecule has 0 unspecified atom stereocenters. The molecule has 3 rings (SSSR count). The van der Waals surface area contributed by atoms with E-state index in [9.17, 15) is 4.79 Å². The van der Waals surface area contributed by atoms with Crippen LogP contribution in [0.4, 0.5) is 10.5 Å². The number of aromatic nitrogens is 1. The van der Waals surface area contributed by atoms with Crippen molar-refractivity contribution in [2.75, 3.05) is 12.3 Å². The van der Waals surface area contributed by atoms with Crippen LogP contribution in [0.2, 0.25) is 0 Å². The van der Waals surface area contributed by atoms with E-state index in [1.54, 1.807) is 13.0 Å². The fraction of sp³-hybridized carbons (Fsp3) is 0.235. The molecule has 0 atom stereocenters. The van der Waals surface area contributed by atoms with E-state index in [2.05, 4.69) is 4.98 Å². The lowest BCUT2D eigenvalue weighted by Gasteiger charge is -2.06. The standard InChI is InChI=1S/C17H18N2O3/c1-4-21-17(20)22-11-5-6-14-12(8-11)15-10(3)13(18)7-9(2)16(15)19-14/h5-8,19H,4,18H2,1-3H3. The maximum absolute atomic E-state index is 11.5. The number of anilines is 1. The lowest BCUT2D eigenvalue weighted by atomic mass is 10.0. The molecule has 0 spiro atoms. The number of carbonyl (C=O) groups excluding carboxylic acids is 1. The van der Waals surface area contributed by atoms with Crippen LogP contribution in [-0.4, -0.2) is 17.7 Å². The third kappa shape index (κ3) is 2.24. The van der Waals surface area contributed by atoms with Crippen LogP contribution in [0.25, 0.3) is 21.8 Å². The molecule has 0 fully saturated rings. The van der Waals surface area contributed by atoms with E-state index >= 15 is 0 Å². The number of H-pyrrole nitrogens is 1. The summed E-state index contributed by atoms with van der Waals surface area (Å²) in [4.78, 5) is 14.8. The summed E-state index contributed by atoms with van der Waals surface area (Å²) in [6.07, 6.45) is -0.700. The topological polar surface area (TPSA) is 77.3 Å². The van der Waals surface area contributed by atoms with Crippen LogP contribution < -0.4 is 10.5 Å². The molecule has 1 heterocycles. The van der Waals surface area contributed by atoms with Gasteiger partial charge in [-0.05, 0) is 56.2 Å². The van der Waals surface area contributed by atoms with Gasteiger partial charge in [-0.1, -0.05) is 0 Å². The first kappa shape index (κ1) is 14.3. The number of fused-ring (bicyclic) bond motifs is 3. The van der Waals surface area contributed by atoms with Crippen molar-refractivity contribution in [2.45, 2.75) is 20.8 Å². The molecule has 0 amide bonds. The highest BCUT2D eigenvalue weighted by atomic mass is 16.7. The molecule has 0 radical (unpaired) electrons. The van der Waals surface area contributed by atoms with E-state index in [1.807, 2.05) is 32.0 Å². The molecule has 1 aromatic heterocycles. The molecule has 22 heavy (non-hydrogen) atoms. The van der Waals surface area contributed by atoms with Crippen molar-refractivity contribution in [3.63, 3.8) is 0 Å². The number of hydrogen-bond acceptors (Lipinski definition) is 4. The average molecular weight is 298 g/mol. The van der Waals surface area contributed by atoms with Gasteiger partial charge < -0.3 is 20.2 Å². The molecular weight excluding hydrogens is 280 g/mol. The summed E-state index contributed by atoms with van der Waals surface area (Å²) in [6.45, 7) is 6.02. The highest BCUT2D eigenvalue weighted by molar-refractivity contribution is 6.11. The third-order valence-corrected chi connectivity index (χ3v) is 3.81. The second-order valence-corrected chi connectivity index (χ2v) is 5.28. The summed E-state index contributed by atoms with van der Waals surface area (Å²) in [5.41, 5.74) is 11.0. The quantitative estimate of drug-likeness (QED) is 0.425. The van der Waals surface area contributed by atoms with Crippen molar-refractivity contribution in [3.8, 4) is 5.75 Å². The van der Waals surface area contributed by atoms with E-state index in [0.717, 1.165) is 38.6 Å². The lowest BCUT2D eigenvalue weighted by molar-refractivity contribution is 0.104. The minimum atomic E-state index is -0.700. The van der Waals surface area contributed by atoms with E-state index < -0.39 is 6.16 Å². The van der Waals surface area contributed by atoms with E-state index in [4.69, 9.17) is 15.2 Å². The van der Waals surface area contributed by atoms with Gasteiger partial charge >= 0.3 is 6.16 Å². The average Bonchev–Trinajstić information content (AvgIpc) is 2.84. The molecular formula is C17H18N2O3. The Kier molecular flexibility index (Phi) is 3.41. The van der Waals surface area contributed by atoms with E-state index in [1.165, 1.54) is 0 Å². The number of hydrogen-bond donors (Lipinski definition) is 2. The number of nitrogens with one attached hydrogen (secondary N) is 1. The number of nitrogens with two attached hydrogens (primary N) is 1. The Morgan fingerprint density at radius 2 is 2.05 bits per heavy atom. The first-order valence-electron chi connectivity index (χ1n) is 7.17. The van der Waals surface area contributed by atoms with Crippen molar-refractivity contribution in [2.24, 2.45) is 0 Å². The zero-order valence-corrected chi connectivity index (χ0v) is 12.8. The molecule has 0 bridgehead atoms. The number of rotatable bonds is 2. The predicted molar refractivity (Wildman–Crippen MR) is 87.3 cm³/mol. The molecule has 5 heteroatoms. The summed E-state index contributed by atoms with van der Waals surface area (Å²) >= 11 is 0. The lowest BCUT2D eigenvalue weighted by Crippen LogP contribution is -2.09. The fourth-order valence-electron chi connectivity index (χ4n) is 2.72. The van der Waals surface area contributed by atoms with Gasteiger partial charge in [0.25, 0.3) is 0 Å². The Balaban J connectivity index is 2.18. The van der Waals surface area contributed by atoms with Crippen molar-refractivity contribution in [1.82, 2.24) is 4.98 Å².